The van der Waals surface area contributed by atoms with Crippen LogP contribution in [0.5, 0.6) is 0 Å². The van der Waals surface area contributed by atoms with Gasteiger partial charge in [-0.25, -0.2) is 0 Å². The standard InChI is InChI=1S/C13H18N2O3/c1-11(16)15(12-6-4-3-5-7-12)10-13(17)14-8-9-18-2/h3-7H,8-10H2,1-2H3,(H,14,17). The van der Waals surface area contributed by atoms with Crippen molar-refractivity contribution >= 4 is 17.5 Å². The summed E-state index contributed by atoms with van der Waals surface area (Å²) in [5.74, 6) is -0.366. The van der Waals surface area contributed by atoms with E-state index >= 15 is 0 Å². The number of hydrogen-bond acceptors (Lipinski definition) is 3. The van der Waals surface area contributed by atoms with E-state index in [9.17, 15) is 9.59 Å². The quantitative estimate of drug-likeness (QED) is 0.760. The number of nitrogens with zero attached hydrogens (tertiary/aromatic N) is 1. The van der Waals surface area contributed by atoms with Crippen molar-refractivity contribution in [2.75, 3.05) is 31.7 Å². The number of benzene rings is 1. The molecule has 5 nitrogen and oxygen atoms in total. The molecule has 5 heteroatoms. The van der Waals surface area contributed by atoms with Crippen LogP contribution < -0.4 is 10.2 Å². The van der Waals surface area contributed by atoms with Gasteiger partial charge in [-0.1, -0.05) is 18.2 Å². The largest absolute Gasteiger partial charge is 0.383 e. The minimum atomic E-state index is -0.203. The number of para-hydroxylation sites is 1. The number of carbonyl (C=O) groups is 2. The second-order valence-electron chi connectivity index (χ2n) is 3.78. The molecular formula is C13H18N2O3. The van der Waals surface area contributed by atoms with E-state index in [-0.39, 0.29) is 18.4 Å². The van der Waals surface area contributed by atoms with Gasteiger partial charge in [0, 0.05) is 26.3 Å². The number of methoxy groups -OCH3 is 1. The van der Waals surface area contributed by atoms with Crippen LogP contribution in [0, 0.1) is 0 Å². The Kier molecular flexibility index (Phi) is 5.87. The molecule has 0 spiro atoms. The molecule has 0 aromatic heterocycles. The second-order valence-corrected chi connectivity index (χ2v) is 3.78. The number of nitrogens with one attached hydrogen (secondary N) is 1. The average Bonchev–Trinajstić information content (AvgIpc) is 2.37. The lowest BCUT2D eigenvalue weighted by Crippen LogP contribution is -2.40. The summed E-state index contributed by atoms with van der Waals surface area (Å²) in [6.07, 6.45) is 0. The van der Waals surface area contributed by atoms with Crippen LogP contribution >= 0.6 is 0 Å². The van der Waals surface area contributed by atoms with Gasteiger partial charge < -0.3 is 15.0 Å². The van der Waals surface area contributed by atoms with Gasteiger partial charge in [0.15, 0.2) is 0 Å². The van der Waals surface area contributed by atoms with Crippen LogP contribution in [0.25, 0.3) is 0 Å². The normalized spacial score (nSPS) is 9.89. The molecule has 2 amide bonds. The predicted molar refractivity (Wildman–Crippen MR) is 69.4 cm³/mol. The lowest BCUT2D eigenvalue weighted by Gasteiger charge is -2.20. The number of carbonyl (C=O) groups excluding carboxylic acids is 2. The maximum atomic E-state index is 11.6. The summed E-state index contributed by atoms with van der Waals surface area (Å²) in [6, 6.07) is 9.11. The fourth-order valence-corrected chi connectivity index (χ4v) is 1.48. The van der Waals surface area contributed by atoms with Crippen molar-refractivity contribution in [3.05, 3.63) is 30.3 Å². The van der Waals surface area contributed by atoms with E-state index in [1.165, 1.54) is 11.8 Å². The molecule has 0 heterocycles. The summed E-state index contributed by atoms with van der Waals surface area (Å²) < 4.78 is 4.83. The molecule has 1 aromatic carbocycles. The summed E-state index contributed by atoms with van der Waals surface area (Å²) in [5.41, 5.74) is 0.715. The summed E-state index contributed by atoms with van der Waals surface area (Å²) >= 11 is 0. The summed E-state index contributed by atoms with van der Waals surface area (Å²) in [4.78, 5) is 24.6. The van der Waals surface area contributed by atoms with Gasteiger partial charge in [0.25, 0.3) is 0 Å². The fraction of sp³-hybridized carbons (Fsp3) is 0.385. The van der Waals surface area contributed by atoms with E-state index in [0.717, 1.165) is 0 Å². The fourth-order valence-electron chi connectivity index (χ4n) is 1.48. The third-order valence-corrected chi connectivity index (χ3v) is 2.38. The van der Waals surface area contributed by atoms with E-state index in [1.807, 2.05) is 18.2 Å². The van der Waals surface area contributed by atoms with Crippen LogP contribution in [-0.2, 0) is 14.3 Å². The van der Waals surface area contributed by atoms with Gasteiger partial charge in [0.1, 0.15) is 6.54 Å². The van der Waals surface area contributed by atoms with Crippen molar-refractivity contribution in [3.63, 3.8) is 0 Å². The molecule has 0 aliphatic carbocycles. The number of hydrogen-bond donors (Lipinski definition) is 1. The highest BCUT2D eigenvalue weighted by atomic mass is 16.5. The monoisotopic (exact) mass is 250 g/mol. The van der Waals surface area contributed by atoms with Crippen molar-refractivity contribution in [1.82, 2.24) is 5.32 Å². The Morgan fingerprint density at radius 3 is 2.50 bits per heavy atom. The summed E-state index contributed by atoms with van der Waals surface area (Å²) in [5, 5.41) is 2.68. The first-order valence-electron chi connectivity index (χ1n) is 5.74. The van der Waals surface area contributed by atoms with Gasteiger partial charge in [-0.15, -0.1) is 0 Å². The molecule has 0 atom stereocenters. The zero-order valence-corrected chi connectivity index (χ0v) is 10.7. The highest BCUT2D eigenvalue weighted by Crippen LogP contribution is 2.12. The molecule has 98 valence electrons. The Balaban J connectivity index is 2.59. The summed E-state index contributed by atoms with van der Waals surface area (Å²) in [6.45, 7) is 2.35. The van der Waals surface area contributed by atoms with Gasteiger partial charge in [-0.3, -0.25) is 9.59 Å². The second kappa shape index (κ2) is 7.45. The van der Waals surface area contributed by atoms with Gasteiger partial charge in [-0.05, 0) is 12.1 Å². The zero-order chi connectivity index (χ0) is 13.4. The third-order valence-electron chi connectivity index (χ3n) is 2.38. The van der Waals surface area contributed by atoms with E-state index in [2.05, 4.69) is 5.32 Å². The van der Waals surface area contributed by atoms with E-state index < -0.39 is 0 Å². The Bertz CT molecular complexity index is 392. The number of ether oxygens (including phenoxy) is 1. The minimum Gasteiger partial charge on any atom is -0.383 e. The molecule has 0 saturated carbocycles. The SMILES string of the molecule is COCCNC(=O)CN(C(C)=O)c1ccccc1. The van der Waals surface area contributed by atoms with Crippen molar-refractivity contribution < 1.29 is 14.3 Å². The van der Waals surface area contributed by atoms with Crippen molar-refractivity contribution in [1.29, 1.82) is 0 Å². The minimum absolute atomic E-state index is 0.0169. The third kappa shape index (κ3) is 4.55. The molecule has 0 fully saturated rings. The van der Waals surface area contributed by atoms with E-state index in [4.69, 9.17) is 4.74 Å². The van der Waals surface area contributed by atoms with E-state index in [1.54, 1.807) is 19.2 Å². The Labute approximate surface area is 107 Å². The Morgan fingerprint density at radius 1 is 1.28 bits per heavy atom. The molecule has 0 radical (unpaired) electrons. The zero-order valence-electron chi connectivity index (χ0n) is 10.7. The lowest BCUT2D eigenvalue weighted by molar-refractivity contribution is -0.123. The molecule has 18 heavy (non-hydrogen) atoms. The van der Waals surface area contributed by atoms with Crippen LogP contribution in [0.4, 0.5) is 5.69 Å². The van der Waals surface area contributed by atoms with Crippen LogP contribution in [0.3, 0.4) is 0 Å². The van der Waals surface area contributed by atoms with Gasteiger partial charge >= 0.3 is 0 Å². The first-order valence-corrected chi connectivity index (χ1v) is 5.74. The van der Waals surface area contributed by atoms with Crippen LogP contribution in [0.2, 0.25) is 0 Å². The lowest BCUT2D eigenvalue weighted by atomic mass is 10.3. The molecule has 0 aliphatic rings. The van der Waals surface area contributed by atoms with Gasteiger partial charge in [0.2, 0.25) is 11.8 Å². The Morgan fingerprint density at radius 2 is 1.94 bits per heavy atom. The van der Waals surface area contributed by atoms with Crippen LogP contribution in [0.1, 0.15) is 6.92 Å². The molecule has 1 aromatic rings. The average molecular weight is 250 g/mol. The summed E-state index contributed by atoms with van der Waals surface area (Å²) in [7, 11) is 1.57. The van der Waals surface area contributed by atoms with Crippen molar-refractivity contribution in [2.45, 2.75) is 6.92 Å². The maximum absolute atomic E-state index is 11.6. The topological polar surface area (TPSA) is 58.6 Å². The number of anilines is 1. The first kappa shape index (κ1) is 14.2. The van der Waals surface area contributed by atoms with Crippen molar-refractivity contribution in [3.8, 4) is 0 Å². The molecule has 0 saturated heterocycles. The van der Waals surface area contributed by atoms with Gasteiger partial charge in [-0.2, -0.15) is 0 Å². The number of amides is 2. The molecular weight excluding hydrogens is 232 g/mol. The Hall–Kier alpha value is -1.88. The smallest absolute Gasteiger partial charge is 0.240 e. The predicted octanol–water partition coefficient (Wildman–Crippen LogP) is 0.802. The van der Waals surface area contributed by atoms with Gasteiger partial charge in [0.05, 0.1) is 6.61 Å². The molecule has 1 rings (SSSR count). The van der Waals surface area contributed by atoms with Crippen LogP contribution in [-0.4, -0.2) is 38.6 Å². The first-order chi connectivity index (χ1) is 8.65. The molecule has 0 bridgehead atoms. The van der Waals surface area contributed by atoms with Crippen LogP contribution in [0.15, 0.2) is 30.3 Å². The van der Waals surface area contributed by atoms with E-state index in [0.29, 0.717) is 18.8 Å². The van der Waals surface area contributed by atoms with Crippen molar-refractivity contribution in [2.24, 2.45) is 0 Å². The molecule has 1 N–H and O–H groups in total. The maximum Gasteiger partial charge on any atom is 0.240 e. The highest BCUT2D eigenvalue weighted by molar-refractivity contribution is 5.97. The molecule has 0 aliphatic heterocycles. The highest BCUT2D eigenvalue weighted by Gasteiger charge is 2.14. The molecule has 0 unspecified atom stereocenters. The number of rotatable bonds is 6.